The first-order valence-electron chi connectivity index (χ1n) is 5.91. The van der Waals surface area contributed by atoms with Crippen LogP contribution in [0.2, 0.25) is 0 Å². The molecule has 0 aliphatic rings. The number of anilines is 1. The monoisotopic (exact) mass is 278 g/mol. The fourth-order valence-electron chi connectivity index (χ4n) is 2.09. The predicted molar refractivity (Wildman–Crippen MR) is 74.5 cm³/mol. The summed E-state index contributed by atoms with van der Waals surface area (Å²) in [6, 6.07) is 4.57. The molecule has 100 valence electrons. The smallest absolute Gasteiger partial charge is 0.326 e. The minimum absolute atomic E-state index is 0.297. The van der Waals surface area contributed by atoms with Crippen molar-refractivity contribution in [3.8, 4) is 0 Å². The van der Waals surface area contributed by atoms with Gasteiger partial charge in [0.2, 0.25) is 5.91 Å². The Kier molecular flexibility index (Phi) is 3.80. The summed E-state index contributed by atoms with van der Waals surface area (Å²) in [6.07, 6.45) is 0.343. The molecule has 2 aromatic rings. The van der Waals surface area contributed by atoms with Crippen LogP contribution in [0, 0.1) is 0 Å². The Morgan fingerprint density at radius 1 is 1.47 bits per heavy atom. The summed E-state index contributed by atoms with van der Waals surface area (Å²) in [4.78, 5) is 28.7. The Bertz CT molecular complexity index is 623. The third-order valence-corrected chi connectivity index (χ3v) is 3.72. The summed E-state index contributed by atoms with van der Waals surface area (Å²) in [5.74, 6) is -1.31. The van der Waals surface area contributed by atoms with E-state index in [4.69, 9.17) is 0 Å². The van der Waals surface area contributed by atoms with Gasteiger partial charge in [-0.15, -0.1) is 11.3 Å². The molecular weight excluding hydrogens is 264 g/mol. The van der Waals surface area contributed by atoms with E-state index in [0.717, 1.165) is 4.70 Å². The third-order valence-electron chi connectivity index (χ3n) is 2.92. The van der Waals surface area contributed by atoms with Gasteiger partial charge in [0.15, 0.2) is 0 Å². The van der Waals surface area contributed by atoms with Crippen molar-refractivity contribution < 1.29 is 14.7 Å². The van der Waals surface area contributed by atoms with Gasteiger partial charge in [-0.2, -0.15) is 0 Å². The molecule has 0 aliphatic heterocycles. The number of carbonyl (C=O) groups excluding carboxylic acids is 1. The maximum atomic E-state index is 11.9. The van der Waals surface area contributed by atoms with E-state index in [9.17, 15) is 14.7 Å². The average molecular weight is 278 g/mol. The highest BCUT2D eigenvalue weighted by Crippen LogP contribution is 2.30. The molecule has 0 aliphatic carbocycles. The first-order chi connectivity index (χ1) is 9.06. The topological polar surface area (TPSA) is 70.5 Å². The molecule has 2 rings (SSSR count). The first kappa shape index (κ1) is 13.5. The summed E-state index contributed by atoms with van der Waals surface area (Å²) in [7, 11) is 0. The largest absolute Gasteiger partial charge is 0.480 e. The number of rotatable bonds is 4. The van der Waals surface area contributed by atoms with Crippen LogP contribution < -0.4 is 4.90 Å². The quantitative estimate of drug-likeness (QED) is 0.932. The normalized spacial score (nSPS) is 12.3. The summed E-state index contributed by atoms with van der Waals surface area (Å²) in [6.45, 7) is 3.12. The van der Waals surface area contributed by atoms with Gasteiger partial charge in [0.05, 0.1) is 15.9 Å². The van der Waals surface area contributed by atoms with Crippen molar-refractivity contribution in [1.29, 1.82) is 0 Å². The van der Waals surface area contributed by atoms with Crippen molar-refractivity contribution in [2.24, 2.45) is 0 Å². The van der Waals surface area contributed by atoms with Gasteiger partial charge in [0.25, 0.3) is 0 Å². The van der Waals surface area contributed by atoms with Crippen LogP contribution in [0.1, 0.15) is 20.3 Å². The van der Waals surface area contributed by atoms with Gasteiger partial charge in [-0.1, -0.05) is 13.0 Å². The van der Waals surface area contributed by atoms with E-state index in [0.29, 0.717) is 17.6 Å². The molecule has 6 heteroatoms. The van der Waals surface area contributed by atoms with Crippen molar-refractivity contribution in [3.05, 3.63) is 23.7 Å². The number of carbonyl (C=O) groups is 2. The zero-order valence-electron chi connectivity index (χ0n) is 10.7. The maximum absolute atomic E-state index is 11.9. The summed E-state index contributed by atoms with van der Waals surface area (Å²) >= 11 is 1.46. The van der Waals surface area contributed by atoms with Gasteiger partial charge >= 0.3 is 5.97 Å². The SMILES string of the molecule is CCC(C(=O)O)N(C(C)=O)c1cccc2scnc12. The van der Waals surface area contributed by atoms with E-state index in [-0.39, 0.29) is 5.91 Å². The van der Waals surface area contributed by atoms with E-state index < -0.39 is 12.0 Å². The number of fused-ring (bicyclic) bond motifs is 1. The van der Waals surface area contributed by atoms with Crippen molar-refractivity contribution >= 4 is 39.1 Å². The third kappa shape index (κ3) is 2.44. The van der Waals surface area contributed by atoms with Crippen molar-refractivity contribution in [1.82, 2.24) is 4.98 Å². The number of carboxylic acids is 1. The number of hydrogen-bond acceptors (Lipinski definition) is 4. The number of nitrogens with zero attached hydrogens (tertiary/aromatic N) is 2. The van der Waals surface area contributed by atoms with Crippen molar-refractivity contribution in [2.75, 3.05) is 4.90 Å². The number of benzene rings is 1. The molecule has 5 nitrogen and oxygen atoms in total. The maximum Gasteiger partial charge on any atom is 0.326 e. The van der Waals surface area contributed by atoms with E-state index in [2.05, 4.69) is 4.98 Å². The van der Waals surface area contributed by atoms with E-state index >= 15 is 0 Å². The number of para-hydroxylation sites is 1. The minimum atomic E-state index is -1.01. The fraction of sp³-hybridized carbons (Fsp3) is 0.308. The van der Waals surface area contributed by atoms with Gasteiger partial charge in [-0.05, 0) is 18.6 Å². The Labute approximate surface area is 114 Å². The van der Waals surface area contributed by atoms with Crippen LogP contribution in [0.5, 0.6) is 0 Å². The second-order valence-electron chi connectivity index (χ2n) is 4.13. The fourth-order valence-corrected chi connectivity index (χ4v) is 2.79. The molecule has 1 unspecified atom stereocenters. The van der Waals surface area contributed by atoms with Crippen molar-refractivity contribution in [2.45, 2.75) is 26.3 Å². The number of aliphatic carboxylic acids is 1. The molecule has 1 aromatic heterocycles. The zero-order chi connectivity index (χ0) is 14.0. The Hall–Kier alpha value is -1.95. The molecular formula is C13H14N2O3S. The van der Waals surface area contributed by atoms with Crippen LogP contribution in [-0.4, -0.2) is 28.0 Å². The van der Waals surface area contributed by atoms with E-state index in [1.807, 2.05) is 6.07 Å². The highest BCUT2D eigenvalue weighted by atomic mass is 32.1. The minimum Gasteiger partial charge on any atom is -0.480 e. The molecule has 1 aromatic carbocycles. The zero-order valence-corrected chi connectivity index (χ0v) is 11.5. The molecule has 0 spiro atoms. The Balaban J connectivity index is 2.59. The highest BCUT2D eigenvalue weighted by Gasteiger charge is 2.29. The van der Waals surface area contributed by atoms with Crippen LogP contribution >= 0.6 is 11.3 Å². The lowest BCUT2D eigenvalue weighted by Crippen LogP contribution is -2.44. The summed E-state index contributed by atoms with van der Waals surface area (Å²) in [5, 5.41) is 9.26. The molecule has 0 fully saturated rings. The lowest BCUT2D eigenvalue weighted by atomic mass is 10.1. The van der Waals surface area contributed by atoms with Crippen LogP contribution in [0.15, 0.2) is 23.7 Å². The Morgan fingerprint density at radius 3 is 2.79 bits per heavy atom. The number of hydrogen-bond donors (Lipinski definition) is 1. The molecule has 1 atom stereocenters. The van der Waals surface area contributed by atoms with Gasteiger partial charge in [0.1, 0.15) is 11.6 Å². The lowest BCUT2D eigenvalue weighted by Gasteiger charge is -2.27. The second kappa shape index (κ2) is 5.36. The second-order valence-corrected chi connectivity index (χ2v) is 5.01. The van der Waals surface area contributed by atoms with Gasteiger partial charge < -0.3 is 5.11 Å². The highest BCUT2D eigenvalue weighted by molar-refractivity contribution is 7.16. The van der Waals surface area contributed by atoms with E-state index in [1.54, 1.807) is 24.6 Å². The molecule has 0 saturated carbocycles. The number of amides is 1. The number of thiazole rings is 1. The van der Waals surface area contributed by atoms with Gasteiger partial charge in [-0.25, -0.2) is 9.78 Å². The number of aromatic nitrogens is 1. The lowest BCUT2D eigenvalue weighted by molar-refractivity contribution is -0.140. The van der Waals surface area contributed by atoms with Gasteiger partial charge in [0, 0.05) is 6.92 Å². The predicted octanol–water partition coefficient (Wildman–Crippen LogP) is 2.51. The van der Waals surface area contributed by atoms with E-state index in [1.165, 1.54) is 23.2 Å². The molecule has 0 bridgehead atoms. The van der Waals surface area contributed by atoms with Gasteiger partial charge in [-0.3, -0.25) is 9.69 Å². The van der Waals surface area contributed by atoms with Crippen LogP contribution in [0.3, 0.4) is 0 Å². The molecule has 1 amide bonds. The summed E-state index contributed by atoms with van der Waals surface area (Å²) < 4.78 is 0.934. The summed E-state index contributed by atoms with van der Waals surface area (Å²) in [5.41, 5.74) is 2.91. The van der Waals surface area contributed by atoms with Crippen LogP contribution in [0.25, 0.3) is 10.2 Å². The molecule has 19 heavy (non-hydrogen) atoms. The molecule has 1 heterocycles. The standard InChI is InChI=1S/C13H14N2O3S/c1-3-9(13(17)18)15(8(2)16)10-5-4-6-11-12(10)14-7-19-11/h4-7,9H,3H2,1-2H3,(H,17,18). The molecule has 1 N–H and O–H groups in total. The van der Waals surface area contributed by atoms with Crippen LogP contribution in [0.4, 0.5) is 5.69 Å². The first-order valence-corrected chi connectivity index (χ1v) is 6.79. The van der Waals surface area contributed by atoms with Crippen LogP contribution in [-0.2, 0) is 9.59 Å². The average Bonchev–Trinajstić information content (AvgIpc) is 2.83. The Morgan fingerprint density at radius 2 is 2.21 bits per heavy atom. The molecule has 0 saturated heterocycles. The van der Waals surface area contributed by atoms with Crippen molar-refractivity contribution in [3.63, 3.8) is 0 Å². The molecule has 0 radical (unpaired) electrons. The number of carboxylic acid groups (broad SMARTS) is 1.